The third-order valence-corrected chi connectivity index (χ3v) is 2.45. The molecule has 1 atom stereocenters. The van der Waals surface area contributed by atoms with E-state index in [9.17, 15) is 0 Å². The summed E-state index contributed by atoms with van der Waals surface area (Å²) in [6.45, 7) is 6.06. The molecule has 1 unspecified atom stereocenters. The molecule has 0 spiro atoms. The summed E-state index contributed by atoms with van der Waals surface area (Å²) >= 11 is 0. The summed E-state index contributed by atoms with van der Waals surface area (Å²) in [7, 11) is 0. The normalized spacial score (nSPS) is 15.4. The number of hydrogen-bond acceptors (Lipinski definition) is 4. The van der Waals surface area contributed by atoms with Gasteiger partial charge in [0.2, 0.25) is 5.89 Å². The Hall–Kier alpha value is -0.900. The molecular weight excluding hydrogens is 178 g/mol. The Labute approximate surface area is 84.9 Å². The lowest BCUT2D eigenvalue weighted by molar-refractivity contribution is 0.290. The lowest BCUT2D eigenvalue weighted by atomic mass is 10.0. The molecule has 0 aliphatic heterocycles. The van der Waals surface area contributed by atoms with E-state index in [0.29, 0.717) is 5.89 Å². The Bertz CT molecular complexity index is 281. The van der Waals surface area contributed by atoms with E-state index in [1.54, 1.807) is 0 Å². The Balaban J connectivity index is 2.67. The predicted molar refractivity (Wildman–Crippen MR) is 54.7 cm³/mol. The van der Waals surface area contributed by atoms with Crippen molar-refractivity contribution in [1.82, 2.24) is 10.1 Å². The quantitative estimate of drug-likeness (QED) is 0.784. The van der Waals surface area contributed by atoms with Crippen molar-refractivity contribution < 1.29 is 4.52 Å². The molecule has 80 valence electrons. The van der Waals surface area contributed by atoms with Crippen LogP contribution in [0.3, 0.4) is 0 Å². The summed E-state index contributed by atoms with van der Waals surface area (Å²) in [5.41, 5.74) is 5.49. The number of nitrogens with two attached hydrogens (primary N) is 1. The van der Waals surface area contributed by atoms with Gasteiger partial charge >= 0.3 is 0 Å². The number of hydrogen-bond donors (Lipinski definition) is 1. The molecule has 0 amide bonds. The zero-order valence-corrected chi connectivity index (χ0v) is 9.21. The largest absolute Gasteiger partial charge is 0.337 e. The molecule has 0 aromatic carbocycles. The molecule has 1 rings (SSSR count). The molecular formula is C10H19N3O. The van der Waals surface area contributed by atoms with Crippen molar-refractivity contribution in [2.45, 2.75) is 52.0 Å². The summed E-state index contributed by atoms with van der Waals surface area (Å²) in [6, 6.07) is 0. The van der Waals surface area contributed by atoms with Gasteiger partial charge in [0.25, 0.3) is 0 Å². The van der Waals surface area contributed by atoms with Crippen molar-refractivity contribution in [1.29, 1.82) is 0 Å². The SMILES string of the molecule is CCCCc1noc(C(C)(N)CC)n1. The number of rotatable bonds is 5. The molecule has 0 radical (unpaired) electrons. The number of aromatic nitrogens is 2. The van der Waals surface area contributed by atoms with Gasteiger partial charge in [0.05, 0.1) is 5.54 Å². The van der Waals surface area contributed by atoms with E-state index < -0.39 is 5.54 Å². The lowest BCUT2D eigenvalue weighted by Gasteiger charge is -2.16. The zero-order chi connectivity index (χ0) is 10.6. The van der Waals surface area contributed by atoms with E-state index in [2.05, 4.69) is 17.1 Å². The van der Waals surface area contributed by atoms with Crippen molar-refractivity contribution >= 4 is 0 Å². The van der Waals surface area contributed by atoms with Gasteiger partial charge in [-0.15, -0.1) is 0 Å². The third kappa shape index (κ3) is 2.54. The van der Waals surface area contributed by atoms with Crippen molar-refractivity contribution in [2.75, 3.05) is 0 Å². The minimum Gasteiger partial charge on any atom is -0.337 e. The van der Waals surface area contributed by atoms with Gasteiger partial charge in [-0.25, -0.2) is 0 Å². The summed E-state index contributed by atoms with van der Waals surface area (Å²) in [5.74, 6) is 1.32. The van der Waals surface area contributed by atoms with Crippen LogP contribution < -0.4 is 5.73 Å². The van der Waals surface area contributed by atoms with Crippen LogP contribution in [-0.4, -0.2) is 10.1 Å². The standard InChI is InChI=1S/C10H19N3O/c1-4-6-7-8-12-9(14-13-8)10(3,11)5-2/h4-7,11H2,1-3H3. The van der Waals surface area contributed by atoms with Crippen LogP contribution in [0.5, 0.6) is 0 Å². The maximum absolute atomic E-state index is 5.98. The van der Waals surface area contributed by atoms with Gasteiger partial charge in [0.1, 0.15) is 0 Å². The van der Waals surface area contributed by atoms with E-state index in [1.165, 1.54) is 0 Å². The highest BCUT2D eigenvalue weighted by atomic mass is 16.5. The van der Waals surface area contributed by atoms with Crippen LogP contribution in [0, 0.1) is 0 Å². The van der Waals surface area contributed by atoms with Crippen molar-refractivity contribution in [3.8, 4) is 0 Å². The fraction of sp³-hybridized carbons (Fsp3) is 0.800. The first-order valence-corrected chi connectivity index (χ1v) is 5.22. The predicted octanol–water partition coefficient (Wildman–Crippen LogP) is 2.00. The summed E-state index contributed by atoms with van der Waals surface area (Å²) in [6.07, 6.45) is 3.89. The van der Waals surface area contributed by atoms with E-state index in [-0.39, 0.29) is 0 Å². The van der Waals surface area contributed by atoms with Gasteiger partial charge in [-0.05, 0) is 19.8 Å². The first kappa shape index (κ1) is 11.2. The summed E-state index contributed by atoms with van der Waals surface area (Å²) in [5, 5.41) is 3.90. The van der Waals surface area contributed by atoms with Gasteiger partial charge in [-0.1, -0.05) is 25.4 Å². The van der Waals surface area contributed by atoms with E-state index >= 15 is 0 Å². The van der Waals surface area contributed by atoms with E-state index in [4.69, 9.17) is 10.3 Å². The molecule has 0 saturated heterocycles. The highest BCUT2D eigenvalue weighted by Gasteiger charge is 2.25. The van der Waals surface area contributed by atoms with Crippen molar-refractivity contribution in [2.24, 2.45) is 5.73 Å². The molecule has 0 aliphatic rings. The Kier molecular flexibility index (Phi) is 3.63. The topological polar surface area (TPSA) is 64.9 Å². The van der Waals surface area contributed by atoms with Crippen molar-refractivity contribution in [3.05, 3.63) is 11.7 Å². The molecule has 0 fully saturated rings. The lowest BCUT2D eigenvalue weighted by Crippen LogP contribution is -2.32. The van der Waals surface area contributed by atoms with Crippen LogP contribution in [0.4, 0.5) is 0 Å². The molecule has 1 heterocycles. The Morgan fingerprint density at radius 3 is 2.71 bits per heavy atom. The average molecular weight is 197 g/mol. The first-order valence-electron chi connectivity index (χ1n) is 5.22. The van der Waals surface area contributed by atoms with Gasteiger partial charge < -0.3 is 10.3 Å². The summed E-state index contributed by atoms with van der Waals surface area (Å²) < 4.78 is 5.13. The molecule has 0 aliphatic carbocycles. The monoisotopic (exact) mass is 197 g/mol. The van der Waals surface area contributed by atoms with Gasteiger partial charge in [0, 0.05) is 6.42 Å². The second kappa shape index (κ2) is 4.55. The van der Waals surface area contributed by atoms with Crippen molar-refractivity contribution in [3.63, 3.8) is 0 Å². The van der Waals surface area contributed by atoms with Crippen LogP contribution in [-0.2, 0) is 12.0 Å². The van der Waals surface area contributed by atoms with Crippen LogP contribution >= 0.6 is 0 Å². The number of aryl methyl sites for hydroxylation is 1. The third-order valence-electron chi connectivity index (χ3n) is 2.45. The van der Waals surface area contributed by atoms with E-state index in [1.807, 2.05) is 13.8 Å². The molecule has 1 aromatic heterocycles. The molecule has 4 nitrogen and oxygen atoms in total. The maximum atomic E-state index is 5.98. The van der Waals surface area contributed by atoms with Crippen LogP contribution in [0.2, 0.25) is 0 Å². The Morgan fingerprint density at radius 1 is 1.43 bits per heavy atom. The smallest absolute Gasteiger partial charge is 0.246 e. The van der Waals surface area contributed by atoms with Gasteiger partial charge in [-0.3, -0.25) is 0 Å². The minimum atomic E-state index is -0.489. The number of unbranched alkanes of at least 4 members (excludes halogenated alkanes) is 1. The second-order valence-corrected chi connectivity index (χ2v) is 3.89. The summed E-state index contributed by atoms with van der Waals surface area (Å²) in [4.78, 5) is 4.29. The fourth-order valence-corrected chi connectivity index (χ4v) is 1.07. The molecule has 1 aromatic rings. The maximum Gasteiger partial charge on any atom is 0.246 e. The second-order valence-electron chi connectivity index (χ2n) is 3.89. The molecule has 4 heteroatoms. The first-order chi connectivity index (χ1) is 6.60. The molecule has 2 N–H and O–H groups in total. The average Bonchev–Trinajstić information content (AvgIpc) is 2.63. The number of nitrogens with zero attached hydrogens (tertiary/aromatic N) is 2. The van der Waals surface area contributed by atoms with E-state index in [0.717, 1.165) is 31.5 Å². The fourth-order valence-electron chi connectivity index (χ4n) is 1.07. The molecule has 0 bridgehead atoms. The minimum absolute atomic E-state index is 0.489. The molecule has 14 heavy (non-hydrogen) atoms. The van der Waals surface area contributed by atoms with Gasteiger partial charge in [0.15, 0.2) is 5.82 Å². The Morgan fingerprint density at radius 2 is 2.14 bits per heavy atom. The highest BCUT2D eigenvalue weighted by molar-refractivity contribution is 4.99. The van der Waals surface area contributed by atoms with Gasteiger partial charge in [-0.2, -0.15) is 4.98 Å². The van der Waals surface area contributed by atoms with Crippen LogP contribution in [0.15, 0.2) is 4.52 Å². The molecule has 0 saturated carbocycles. The highest BCUT2D eigenvalue weighted by Crippen LogP contribution is 2.19. The zero-order valence-electron chi connectivity index (χ0n) is 9.21. The van der Waals surface area contributed by atoms with Crippen LogP contribution in [0.1, 0.15) is 51.7 Å². The van der Waals surface area contributed by atoms with Crippen LogP contribution in [0.25, 0.3) is 0 Å².